The molecule has 0 radical (unpaired) electrons. The minimum absolute atomic E-state index is 0.00970. The third kappa shape index (κ3) is 2.67. The number of halogens is 1. The van der Waals surface area contributed by atoms with Crippen molar-refractivity contribution in [1.82, 2.24) is 9.55 Å². The normalized spacial score (nSPS) is 17.2. The van der Waals surface area contributed by atoms with Crippen LogP contribution in [-0.4, -0.2) is 22.0 Å². The highest BCUT2D eigenvalue weighted by Gasteiger charge is 2.35. The zero-order chi connectivity index (χ0) is 17.4. The summed E-state index contributed by atoms with van der Waals surface area (Å²) in [6.45, 7) is 0.989. The molecule has 124 valence electrons. The minimum Gasteiger partial charge on any atom is -0.316 e. The Kier molecular flexibility index (Phi) is 3.95. The van der Waals surface area contributed by atoms with Crippen LogP contribution in [0.3, 0.4) is 0 Å². The van der Waals surface area contributed by atoms with Crippen molar-refractivity contribution in [3.8, 4) is 12.3 Å². The van der Waals surface area contributed by atoms with Crippen molar-refractivity contribution in [2.45, 2.75) is 18.9 Å². The van der Waals surface area contributed by atoms with Gasteiger partial charge in [0.25, 0.3) is 0 Å². The first-order valence-electron chi connectivity index (χ1n) is 8.12. The first-order chi connectivity index (χ1) is 12.2. The molecule has 2 aromatic carbocycles. The van der Waals surface area contributed by atoms with Crippen molar-refractivity contribution < 1.29 is 4.79 Å². The third-order valence-electron chi connectivity index (χ3n) is 4.57. The van der Waals surface area contributed by atoms with Gasteiger partial charge >= 0.3 is 0 Å². The molecule has 3 aromatic rings. The molecule has 1 amide bonds. The zero-order valence-corrected chi connectivity index (χ0v) is 14.3. The van der Waals surface area contributed by atoms with E-state index >= 15 is 0 Å². The highest BCUT2D eigenvalue weighted by atomic mass is 35.5. The molecule has 4 nitrogen and oxygen atoms in total. The summed E-state index contributed by atoms with van der Waals surface area (Å²) in [5.41, 5.74) is 2.65. The number of terminal acetylenes is 1. The van der Waals surface area contributed by atoms with Crippen molar-refractivity contribution >= 4 is 34.2 Å². The van der Waals surface area contributed by atoms with Crippen LogP contribution in [-0.2, 0) is 11.3 Å². The lowest BCUT2D eigenvalue weighted by atomic mass is 10.1. The molecule has 0 saturated carbocycles. The molecule has 0 bridgehead atoms. The van der Waals surface area contributed by atoms with Crippen LogP contribution in [0.15, 0.2) is 48.5 Å². The molecule has 1 saturated heterocycles. The van der Waals surface area contributed by atoms with Gasteiger partial charge in [0.1, 0.15) is 5.82 Å². The number of para-hydroxylation sites is 3. The van der Waals surface area contributed by atoms with Crippen LogP contribution in [0.25, 0.3) is 11.0 Å². The molecule has 25 heavy (non-hydrogen) atoms. The average molecular weight is 350 g/mol. The van der Waals surface area contributed by atoms with Gasteiger partial charge in [-0.05, 0) is 24.3 Å². The summed E-state index contributed by atoms with van der Waals surface area (Å²) < 4.78 is 2.03. The summed E-state index contributed by atoms with van der Waals surface area (Å²) in [6, 6.07) is 15.3. The molecule has 1 aliphatic rings. The highest BCUT2D eigenvalue weighted by Crippen LogP contribution is 2.35. The smallest absolute Gasteiger partial charge is 0.227 e. The van der Waals surface area contributed by atoms with E-state index in [9.17, 15) is 4.79 Å². The minimum atomic E-state index is -0.00970. The number of rotatable bonds is 3. The van der Waals surface area contributed by atoms with Crippen LogP contribution >= 0.6 is 11.6 Å². The second-order valence-corrected chi connectivity index (χ2v) is 6.51. The number of anilines is 1. The number of imidazole rings is 1. The van der Waals surface area contributed by atoms with Gasteiger partial charge in [0.15, 0.2) is 0 Å². The van der Waals surface area contributed by atoms with E-state index in [0.717, 1.165) is 22.5 Å². The van der Waals surface area contributed by atoms with Crippen molar-refractivity contribution in [1.29, 1.82) is 0 Å². The molecule has 4 rings (SSSR count). The number of amides is 1. The van der Waals surface area contributed by atoms with Crippen molar-refractivity contribution in [3.63, 3.8) is 0 Å². The Morgan fingerprint density at radius 3 is 2.76 bits per heavy atom. The van der Waals surface area contributed by atoms with E-state index in [4.69, 9.17) is 23.0 Å². The zero-order valence-electron chi connectivity index (χ0n) is 13.5. The number of nitrogens with zero attached hydrogens (tertiary/aromatic N) is 3. The van der Waals surface area contributed by atoms with Crippen molar-refractivity contribution in [2.24, 2.45) is 0 Å². The number of hydrogen-bond acceptors (Lipinski definition) is 2. The number of fused-ring (bicyclic) bond motifs is 1. The summed E-state index contributed by atoms with van der Waals surface area (Å²) in [5.74, 6) is 3.60. The number of carbonyl (C=O) groups excluding carboxylic acids is 1. The predicted octanol–water partition coefficient (Wildman–Crippen LogP) is 3.84. The van der Waals surface area contributed by atoms with Crippen LogP contribution in [0.1, 0.15) is 18.2 Å². The molecule has 0 N–H and O–H groups in total. The number of aromatic nitrogens is 2. The fourth-order valence-electron chi connectivity index (χ4n) is 3.45. The third-order valence-corrected chi connectivity index (χ3v) is 4.89. The second kappa shape index (κ2) is 6.27. The summed E-state index contributed by atoms with van der Waals surface area (Å²) in [6.07, 6.45) is 5.95. The Morgan fingerprint density at radius 1 is 1.20 bits per heavy atom. The van der Waals surface area contributed by atoms with Gasteiger partial charge in [0.05, 0.1) is 28.3 Å². The van der Waals surface area contributed by atoms with E-state index in [2.05, 4.69) is 5.92 Å². The fourth-order valence-corrected chi connectivity index (χ4v) is 3.69. The fraction of sp³-hybridized carbons (Fsp3) is 0.200. The van der Waals surface area contributed by atoms with Crippen molar-refractivity contribution in [2.75, 3.05) is 11.4 Å². The van der Waals surface area contributed by atoms with Gasteiger partial charge in [-0.2, -0.15) is 0 Å². The molecule has 1 fully saturated rings. The summed E-state index contributed by atoms with van der Waals surface area (Å²) in [7, 11) is 0. The Labute approximate surface area is 151 Å². The maximum absolute atomic E-state index is 12.6. The van der Waals surface area contributed by atoms with Gasteiger partial charge in [-0.15, -0.1) is 6.42 Å². The van der Waals surface area contributed by atoms with E-state index in [1.165, 1.54) is 0 Å². The van der Waals surface area contributed by atoms with E-state index in [-0.39, 0.29) is 11.8 Å². The Hall–Kier alpha value is -2.77. The maximum Gasteiger partial charge on any atom is 0.227 e. The summed E-state index contributed by atoms with van der Waals surface area (Å²) >= 11 is 6.27. The Morgan fingerprint density at radius 2 is 1.96 bits per heavy atom. The molecule has 0 spiro atoms. The highest BCUT2D eigenvalue weighted by molar-refractivity contribution is 6.33. The molecule has 1 aromatic heterocycles. The maximum atomic E-state index is 12.6. The van der Waals surface area contributed by atoms with Crippen LogP contribution in [0, 0.1) is 12.3 Å². The monoisotopic (exact) mass is 349 g/mol. The van der Waals surface area contributed by atoms with E-state index in [1.54, 1.807) is 11.0 Å². The van der Waals surface area contributed by atoms with E-state index in [0.29, 0.717) is 24.5 Å². The number of hydrogen-bond donors (Lipinski definition) is 0. The lowest BCUT2D eigenvalue weighted by Crippen LogP contribution is -2.24. The van der Waals surface area contributed by atoms with Crippen molar-refractivity contribution in [3.05, 3.63) is 59.4 Å². The molecule has 0 aliphatic carbocycles. The lowest BCUT2D eigenvalue weighted by Gasteiger charge is -2.18. The molecule has 1 atom stereocenters. The molecule has 1 aliphatic heterocycles. The molecule has 0 unspecified atom stereocenters. The number of benzene rings is 2. The number of carbonyl (C=O) groups is 1. The van der Waals surface area contributed by atoms with Crippen LogP contribution < -0.4 is 4.90 Å². The Balaban J connectivity index is 1.73. The van der Waals surface area contributed by atoms with Gasteiger partial charge in [-0.3, -0.25) is 4.79 Å². The van der Waals surface area contributed by atoms with Crippen LogP contribution in [0.4, 0.5) is 5.69 Å². The SMILES string of the molecule is C#CCn1c([C@H]2CC(=O)N(c3ccccc3Cl)C2)nc2ccccc21. The summed E-state index contributed by atoms with van der Waals surface area (Å²) in [5, 5.41) is 0.577. The molecular weight excluding hydrogens is 334 g/mol. The summed E-state index contributed by atoms with van der Waals surface area (Å²) in [4.78, 5) is 19.1. The first-order valence-corrected chi connectivity index (χ1v) is 8.50. The van der Waals surface area contributed by atoms with Gasteiger partial charge < -0.3 is 9.47 Å². The standard InChI is InChI=1S/C20H16ClN3O/c1-2-11-23-18-10-6-4-8-16(18)22-20(23)14-12-19(25)24(13-14)17-9-5-3-7-15(17)21/h1,3-10,14H,11-13H2/t14-/m0/s1. The molecular formula is C20H16ClN3O. The van der Waals surface area contributed by atoms with E-state index in [1.807, 2.05) is 47.0 Å². The van der Waals surface area contributed by atoms with Gasteiger partial charge in [0.2, 0.25) is 5.91 Å². The van der Waals surface area contributed by atoms with Crippen LogP contribution in [0.5, 0.6) is 0 Å². The molecule has 5 heteroatoms. The quantitative estimate of drug-likeness (QED) is 0.674. The van der Waals surface area contributed by atoms with Crippen LogP contribution in [0.2, 0.25) is 5.02 Å². The van der Waals surface area contributed by atoms with E-state index < -0.39 is 0 Å². The first kappa shape index (κ1) is 15.7. The van der Waals surface area contributed by atoms with Gasteiger partial charge in [-0.25, -0.2) is 4.98 Å². The Bertz CT molecular complexity index is 1000. The topological polar surface area (TPSA) is 38.1 Å². The van der Waals surface area contributed by atoms with Gasteiger partial charge in [0, 0.05) is 18.9 Å². The second-order valence-electron chi connectivity index (χ2n) is 6.11. The average Bonchev–Trinajstić information content (AvgIpc) is 3.17. The predicted molar refractivity (Wildman–Crippen MR) is 99.7 cm³/mol. The van der Waals surface area contributed by atoms with Gasteiger partial charge in [-0.1, -0.05) is 41.8 Å². The largest absolute Gasteiger partial charge is 0.316 e. The lowest BCUT2D eigenvalue weighted by molar-refractivity contribution is -0.117. The molecule has 2 heterocycles.